The molecule has 4 aliphatic rings. The van der Waals surface area contributed by atoms with Crippen LogP contribution in [0.3, 0.4) is 0 Å². The minimum atomic E-state index is -3.69. The third-order valence-corrected chi connectivity index (χ3v) is 14.8. The third-order valence-electron chi connectivity index (χ3n) is 11.8. The van der Waals surface area contributed by atoms with Gasteiger partial charge in [-0.15, -0.1) is 11.3 Å². The van der Waals surface area contributed by atoms with E-state index in [1.54, 1.807) is 31.5 Å². The summed E-state index contributed by atoms with van der Waals surface area (Å²) < 4.78 is 43.5. The van der Waals surface area contributed by atoms with E-state index in [1.165, 1.54) is 17.4 Å². The van der Waals surface area contributed by atoms with E-state index in [-0.39, 0.29) is 46.2 Å². The van der Waals surface area contributed by atoms with Crippen LogP contribution in [0.2, 0.25) is 0 Å². The normalized spacial score (nSPS) is 21.2. The topological polar surface area (TPSA) is 162 Å². The average molecular weight is 830 g/mol. The van der Waals surface area contributed by atoms with Crippen molar-refractivity contribution >= 4 is 50.6 Å². The molecule has 3 aromatic heterocycles. The molecule has 3 N–H and O–H groups in total. The van der Waals surface area contributed by atoms with Gasteiger partial charge in [0.1, 0.15) is 5.82 Å². The number of amides is 2. The van der Waals surface area contributed by atoms with Crippen LogP contribution in [-0.2, 0) is 25.0 Å². The van der Waals surface area contributed by atoms with E-state index in [4.69, 9.17) is 9.97 Å². The molecule has 58 heavy (non-hydrogen) atoms. The second kappa shape index (κ2) is 15.9. The molecule has 1 unspecified atom stereocenters. The molecule has 1 aliphatic carbocycles. The van der Waals surface area contributed by atoms with Gasteiger partial charge in [0.2, 0.25) is 27.8 Å². The molecular weight excluding hydrogens is 778 g/mol. The Labute approximate surface area is 343 Å². The molecule has 13 nitrogen and oxygen atoms in total. The zero-order chi connectivity index (χ0) is 40.8. The Kier molecular flexibility index (Phi) is 11.0. The van der Waals surface area contributed by atoms with Crippen molar-refractivity contribution in [2.45, 2.75) is 90.0 Å². The summed E-state index contributed by atoms with van der Waals surface area (Å²) in [5.74, 6) is 0.562. The fourth-order valence-electron chi connectivity index (χ4n) is 8.87. The maximum atomic E-state index is 16.0. The quantitative estimate of drug-likeness (QED) is 0.125. The van der Waals surface area contributed by atoms with Gasteiger partial charge in [0.15, 0.2) is 5.82 Å². The van der Waals surface area contributed by atoms with Crippen LogP contribution < -0.4 is 20.3 Å². The van der Waals surface area contributed by atoms with Gasteiger partial charge in [-0.2, -0.15) is 0 Å². The summed E-state index contributed by atoms with van der Waals surface area (Å²) in [5.41, 5.74) is 2.06. The number of anilines is 3. The van der Waals surface area contributed by atoms with E-state index in [1.807, 2.05) is 18.2 Å². The number of carbonyl (C=O) groups is 2. The highest BCUT2D eigenvalue weighted by Crippen LogP contribution is 2.49. The van der Waals surface area contributed by atoms with Crippen molar-refractivity contribution in [3.05, 3.63) is 65.2 Å². The Balaban J connectivity index is 0.840. The Bertz CT molecular complexity index is 2280. The Morgan fingerprint density at radius 2 is 1.86 bits per heavy atom. The first-order valence-corrected chi connectivity index (χ1v) is 22.8. The second-order valence-corrected chi connectivity index (χ2v) is 20.4. The van der Waals surface area contributed by atoms with E-state index in [9.17, 15) is 18.0 Å². The Hall–Kier alpha value is -4.54. The maximum absolute atomic E-state index is 16.0. The summed E-state index contributed by atoms with van der Waals surface area (Å²) >= 11 is 1.46. The number of carbonyl (C=O) groups excluding carboxylic acids is 2. The highest BCUT2D eigenvalue weighted by molar-refractivity contribution is 7.92. The van der Waals surface area contributed by atoms with Crippen molar-refractivity contribution in [3.63, 3.8) is 0 Å². The van der Waals surface area contributed by atoms with Crippen LogP contribution in [0.1, 0.15) is 89.1 Å². The number of thiazole rings is 1. The number of imide groups is 1. The van der Waals surface area contributed by atoms with Crippen LogP contribution in [0, 0.1) is 17.2 Å². The first-order valence-electron chi connectivity index (χ1n) is 20.4. The van der Waals surface area contributed by atoms with Crippen molar-refractivity contribution in [2.24, 2.45) is 11.3 Å². The molecule has 0 radical (unpaired) electrons. The molecule has 1 saturated carbocycles. The molecule has 6 heterocycles. The summed E-state index contributed by atoms with van der Waals surface area (Å²) in [7, 11) is -3.69. The third kappa shape index (κ3) is 8.60. The molecule has 0 bridgehead atoms. The van der Waals surface area contributed by atoms with Crippen molar-refractivity contribution < 1.29 is 22.4 Å². The lowest BCUT2D eigenvalue weighted by atomic mass is 9.60. The Morgan fingerprint density at radius 1 is 1.05 bits per heavy atom. The monoisotopic (exact) mass is 829 g/mol. The van der Waals surface area contributed by atoms with Gasteiger partial charge in [-0.1, -0.05) is 39.8 Å². The van der Waals surface area contributed by atoms with Gasteiger partial charge >= 0.3 is 0 Å². The van der Waals surface area contributed by atoms with E-state index >= 15 is 4.39 Å². The van der Waals surface area contributed by atoms with Gasteiger partial charge < -0.3 is 15.1 Å². The van der Waals surface area contributed by atoms with E-state index in [0.717, 1.165) is 74.8 Å². The summed E-state index contributed by atoms with van der Waals surface area (Å²) in [6, 6.07) is 10.8. The number of piperidine rings is 1. The molecule has 4 aromatic rings. The molecule has 3 saturated heterocycles. The SMILES string of the molecule is CCCS(=O)(=O)Nc1cccc(-c2nc(C(C)(C)C)sc2-c2ccnc(NC3CC4(C3)CN(CC[C@H]3CCN(c5ccc(C6CCC(=O)NC6=O)cn5)C3)C4)n2)c1F. The van der Waals surface area contributed by atoms with Gasteiger partial charge in [0.25, 0.3) is 0 Å². The Morgan fingerprint density at radius 3 is 2.59 bits per heavy atom. The predicted octanol–water partition coefficient (Wildman–Crippen LogP) is 6.56. The number of aromatic nitrogens is 4. The van der Waals surface area contributed by atoms with Crippen molar-refractivity contribution in [1.29, 1.82) is 0 Å². The highest BCUT2D eigenvalue weighted by atomic mass is 32.2. The average Bonchev–Trinajstić information content (AvgIpc) is 3.81. The first-order chi connectivity index (χ1) is 27.7. The molecular formula is C42H52FN9O4S2. The molecule has 2 atom stereocenters. The number of sulfonamides is 1. The number of nitrogens with one attached hydrogen (secondary N) is 3. The number of pyridine rings is 1. The smallest absolute Gasteiger partial charge is 0.234 e. The van der Waals surface area contributed by atoms with Gasteiger partial charge in [-0.25, -0.2) is 32.7 Å². The number of likely N-dealkylation sites (tertiary alicyclic amines) is 1. The lowest BCUT2D eigenvalue weighted by molar-refractivity contribution is -0.134. The molecule has 3 aliphatic heterocycles. The first kappa shape index (κ1) is 40.2. The lowest BCUT2D eigenvalue weighted by Gasteiger charge is -2.59. The van der Waals surface area contributed by atoms with E-state index in [0.29, 0.717) is 52.8 Å². The zero-order valence-corrected chi connectivity index (χ0v) is 35.2. The summed E-state index contributed by atoms with van der Waals surface area (Å²) in [5, 5.41) is 6.80. The van der Waals surface area contributed by atoms with Crippen molar-refractivity contribution in [2.75, 3.05) is 53.4 Å². The zero-order valence-electron chi connectivity index (χ0n) is 33.6. The van der Waals surface area contributed by atoms with Gasteiger partial charge in [-0.05, 0) is 86.2 Å². The summed E-state index contributed by atoms with van der Waals surface area (Å²) in [6.07, 6.45) is 9.22. The minimum absolute atomic E-state index is 0.0994. The molecule has 2 amide bonds. The van der Waals surface area contributed by atoms with Crippen LogP contribution in [0.5, 0.6) is 0 Å². The van der Waals surface area contributed by atoms with Crippen molar-refractivity contribution in [1.82, 2.24) is 30.2 Å². The van der Waals surface area contributed by atoms with Crippen LogP contribution >= 0.6 is 11.3 Å². The maximum Gasteiger partial charge on any atom is 0.234 e. The van der Waals surface area contributed by atoms with Gasteiger partial charge in [0.05, 0.1) is 38.6 Å². The van der Waals surface area contributed by atoms with Crippen molar-refractivity contribution in [3.8, 4) is 21.8 Å². The number of hydrogen-bond acceptors (Lipinski definition) is 12. The largest absolute Gasteiger partial charge is 0.356 e. The number of halogens is 1. The molecule has 8 rings (SSSR count). The van der Waals surface area contributed by atoms with Gasteiger partial charge in [-0.3, -0.25) is 19.6 Å². The predicted molar refractivity (Wildman–Crippen MR) is 225 cm³/mol. The number of rotatable bonds is 13. The van der Waals surface area contributed by atoms with E-state index in [2.05, 4.69) is 55.9 Å². The molecule has 1 aromatic carbocycles. The molecule has 308 valence electrons. The lowest BCUT2D eigenvalue weighted by Crippen LogP contribution is -2.65. The molecule has 4 fully saturated rings. The minimum Gasteiger partial charge on any atom is -0.356 e. The van der Waals surface area contributed by atoms with Crippen LogP contribution in [0.25, 0.3) is 21.8 Å². The highest BCUT2D eigenvalue weighted by Gasteiger charge is 2.52. The van der Waals surface area contributed by atoms with Gasteiger partial charge in [0, 0.05) is 62.0 Å². The van der Waals surface area contributed by atoms with Crippen LogP contribution in [0.4, 0.5) is 21.8 Å². The number of benzene rings is 1. The van der Waals surface area contributed by atoms with E-state index < -0.39 is 15.8 Å². The second-order valence-electron chi connectivity index (χ2n) is 17.6. The standard InChI is InChI=1S/C42H52FN9O4S2/c1-5-19-58(55,56)50-31-8-6-7-30(35(31)43)36-37(57-39(49-36)41(2,3)4)32-13-16-44-40(47-32)46-28-20-42(21-28)24-51(25-42)17-14-26-15-18-52(23-26)33-11-9-27(22-45-33)29-10-12-34(53)48-38(29)54/h6-9,11,13,16,22,26,28-29,50H,5,10,12,14-15,17-21,23-25H2,1-4H3,(H,44,46,47)(H,48,53,54)/t26-,29?/m0/s1. The molecule has 1 spiro atoms. The number of nitrogens with zero attached hydrogens (tertiary/aromatic N) is 6. The number of hydrogen-bond donors (Lipinski definition) is 3. The van der Waals surface area contributed by atoms with Crippen LogP contribution in [0.15, 0.2) is 48.8 Å². The fraction of sp³-hybridized carbons (Fsp3) is 0.524. The molecule has 16 heteroatoms. The van der Waals surface area contributed by atoms with Crippen LogP contribution in [-0.4, -0.2) is 89.6 Å². The fourth-order valence-corrected chi connectivity index (χ4v) is 11.1. The summed E-state index contributed by atoms with van der Waals surface area (Å²) in [6.45, 7) is 13.2. The summed E-state index contributed by atoms with van der Waals surface area (Å²) in [4.78, 5) is 48.4.